The molecule has 3 aromatic heterocycles. The van der Waals surface area contributed by atoms with Gasteiger partial charge in [-0.05, 0) is 37.1 Å². The van der Waals surface area contributed by atoms with Gasteiger partial charge in [0.1, 0.15) is 18.3 Å². The van der Waals surface area contributed by atoms with E-state index in [-0.39, 0.29) is 24.9 Å². The van der Waals surface area contributed by atoms with Crippen molar-refractivity contribution in [2.24, 2.45) is 0 Å². The van der Waals surface area contributed by atoms with Gasteiger partial charge in [0, 0.05) is 23.2 Å². The molecule has 4 atom stereocenters. The number of rotatable bonds is 5. The lowest BCUT2D eigenvalue weighted by molar-refractivity contribution is 0.00706. The quantitative estimate of drug-likeness (QED) is 0.379. The molecule has 0 bridgehead atoms. The van der Waals surface area contributed by atoms with Crippen LogP contribution < -0.4 is 4.74 Å². The van der Waals surface area contributed by atoms with Crippen molar-refractivity contribution in [1.29, 1.82) is 0 Å². The van der Waals surface area contributed by atoms with Gasteiger partial charge < -0.3 is 24.3 Å². The van der Waals surface area contributed by atoms with Gasteiger partial charge in [-0.15, -0.1) is 0 Å². The molecule has 0 radical (unpaired) electrons. The minimum absolute atomic E-state index is 0.242. The molecule has 2 N–H and O–H groups in total. The predicted molar refractivity (Wildman–Crippen MR) is 132 cm³/mol. The number of halogens is 1. The maximum atomic E-state index is 9.93. The number of imidazole rings is 1. The van der Waals surface area contributed by atoms with Crippen LogP contribution in [-0.2, 0) is 22.6 Å². The van der Waals surface area contributed by atoms with Crippen LogP contribution >= 0.6 is 23.5 Å². The Bertz CT molecular complexity index is 1420. The number of aromatic nitrogens is 5. The molecule has 12 heteroatoms. The number of ether oxygens (including phenoxy) is 3. The summed E-state index contributed by atoms with van der Waals surface area (Å²) in [5, 5.41) is 15.1. The summed E-state index contributed by atoms with van der Waals surface area (Å²) in [4.78, 5) is 13.5. The molecular formula is C24H23ClN6O4S. The average Bonchev–Trinajstić information content (AvgIpc) is 3.64. The number of H-pyrrole nitrogens is 1. The molecule has 4 aromatic rings. The fourth-order valence-corrected chi connectivity index (χ4v) is 6.02. The van der Waals surface area contributed by atoms with Crippen molar-refractivity contribution in [2.75, 3.05) is 13.2 Å². The van der Waals surface area contributed by atoms with Crippen molar-refractivity contribution >= 4 is 34.7 Å². The SMILES string of the molecule is Cc1ccc(SN2Cc3cn(-c4nc5nc(OC6CO[C@@H]7C(O)CO[C@H]67)[nH]c5cc4Cl)nc3C2)cc1. The predicted octanol–water partition coefficient (Wildman–Crippen LogP) is 3.03. The zero-order chi connectivity index (χ0) is 24.4. The van der Waals surface area contributed by atoms with Gasteiger partial charge in [-0.2, -0.15) is 10.1 Å². The molecule has 3 aliphatic rings. The van der Waals surface area contributed by atoms with Crippen LogP contribution in [0.25, 0.3) is 17.0 Å². The van der Waals surface area contributed by atoms with Crippen molar-refractivity contribution in [3.63, 3.8) is 0 Å². The van der Waals surface area contributed by atoms with Crippen LogP contribution in [0.5, 0.6) is 6.01 Å². The normalized spacial score (nSPS) is 25.5. The number of benzene rings is 1. The fourth-order valence-electron chi connectivity index (χ4n) is 4.84. The molecule has 3 aliphatic heterocycles. The van der Waals surface area contributed by atoms with Crippen molar-refractivity contribution < 1.29 is 19.3 Å². The molecule has 1 aromatic carbocycles. The van der Waals surface area contributed by atoms with E-state index in [1.165, 1.54) is 10.5 Å². The lowest BCUT2D eigenvalue weighted by Gasteiger charge is -2.15. The maximum absolute atomic E-state index is 9.93. The maximum Gasteiger partial charge on any atom is 0.296 e. The van der Waals surface area contributed by atoms with E-state index in [2.05, 4.69) is 50.4 Å². The highest BCUT2D eigenvalue weighted by Gasteiger charge is 2.48. The molecule has 0 saturated carbocycles. The second-order valence-corrected chi connectivity index (χ2v) is 10.9. The van der Waals surface area contributed by atoms with Crippen LogP contribution in [0.2, 0.25) is 5.02 Å². The minimum Gasteiger partial charge on any atom is -0.456 e. The van der Waals surface area contributed by atoms with Crippen molar-refractivity contribution in [3.05, 3.63) is 58.4 Å². The lowest BCUT2D eigenvalue weighted by Crippen LogP contribution is -2.34. The van der Waals surface area contributed by atoms with E-state index in [9.17, 15) is 5.11 Å². The first kappa shape index (κ1) is 22.5. The summed E-state index contributed by atoms with van der Waals surface area (Å²) >= 11 is 8.32. The molecule has 10 nitrogen and oxygen atoms in total. The molecule has 6 heterocycles. The van der Waals surface area contributed by atoms with Gasteiger partial charge in [-0.3, -0.25) is 0 Å². The zero-order valence-corrected chi connectivity index (χ0v) is 20.9. The Kier molecular flexibility index (Phi) is 5.45. The number of hydrogen-bond donors (Lipinski definition) is 2. The van der Waals surface area contributed by atoms with E-state index in [0.29, 0.717) is 34.6 Å². The number of pyridine rings is 1. The third-order valence-electron chi connectivity index (χ3n) is 6.65. The number of nitrogens with zero attached hydrogens (tertiary/aromatic N) is 5. The summed E-state index contributed by atoms with van der Waals surface area (Å²) in [6.07, 6.45) is 0.291. The summed E-state index contributed by atoms with van der Waals surface area (Å²) in [6, 6.07) is 10.6. The van der Waals surface area contributed by atoms with Gasteiger partial charge in [0.2, 0.25) is 0 Å². The van der Waals surface area contributed by atoms with E-state index >= 15 is 0 Å². The molecule has 2 saturated heterocycles. The molecule has 2 unspecified atom stereocenters. The van der Waals surface area contributed by atoms with Gasteiger partial charge in [-0.1, -0.05) is 29.3 Å². The van der Waals surface area contributed by atoms with E-state index in [1.54, 1.807) is 22.7 Å². The number of nitrogens with one attached hydrogen (secondary N) is 1. The molecule has 0 spiro atoms. The third-order valence-corrected chi connectivity index (χ3v) is 7.93. The Morgan fingerprint density at radius 3 is 2.81 bits per heavy atom. The van der Waals surface area contributed by atoms with Gasteiger partial charge in [0.25, 0.3) is 6.01 Å². The molecule has 0 aliphatic carbocycles. The summed E-state index contributed by atoms with van der Waals surface area (Å²) in [6.45, 7) is 4.18. The van der Waals surface area contributed by atoms with E-state index in [0.717, 1.165) is 24.3 Å². The van der Waals surface area contributed by atoms with Gasteiger partial charge in [-0.25, -0.2) is 14.0 Å². The molecular weight excluding hydrogens is 504 g/mol. The minimum atomic E-state index is -0.633. The van der Waals surface area contributed by atoms with E-state index < -0.39 is 6.10 Å². The molecule has 0 amide bonds. The highest BCUT2D eigenvalue weighted by Crippen LogP contribution is 2.34. The average molecular weight is 527 g/mol. The Morgan fingerprint density at radius 2 is 1.97 bits per heavy atom. The summed E-state index contributed by atoms with van der Waals surface area (Å²) in [5.74, 6) is 0.515. The number of aliphatic hydroxyl groups is 1. The zero-order valence-electron chi connectivity index (χ0n) is 19.3. The van der Waals surface area contributed by atoms with E-state index in [1.807, 2.05) is 6.20 Å². The van der Waals surface area contributed by atoms with Crippen molar-refractivity contribution in [3.8, 4) is 11.8 Å². The number of aliphatic hydroxyl groups excluding tert-OH is 1. The molecule has 7 rings (SSSR count). The van der Waals surface area contributed by atoms with Crippen LogP contribution in [-0.4, -0.2) is 71.8 Å². The van der Waals surface area contributed by atoms with Crippen LogP contribution in [0.4, 0.5) is 0 Å². The molecule has 186 valence electrons. The summed E-state index contributed by atoms with van der Waals surface area (Å²) in [7, 11) is 0. The smallest absolute Gasteiger partial charge is 0.296 e. The third kappa shape index (κ3) is 3.96. The highest BCUT2D eigenvalue weighted by atomic mass is 35.5. The summed E-state index contributed by atoms with van der Waals surface area (Å²) in [5.41, 5.74) is 4.53. The second kappa shape index (κ2) is 8.72. The Morgan fingerprint density at radius 1 is 1.14 bits per heavy atom. The van der Waals surface area contributed by atoms with Gasteiger partial charge in [0.05, 0.1) is 36.0 Å². The highest BCUT2D eigenvalue weighted by molar-refractivity contribution is 7.97. The molecule has 2 fully saturated rings. The summed E-state index contributed by atoms with van der Waals surface area (Å²) < 4.78 is 21.2. The first-order chi connectivity index (χ1) is 17.5. The van der Waals surface area contributed by atoms with Gasteiger partial charge in [0.15, 0.2) is 17.6 Å². The lowest BCUT2D eigenvalue weighted by atomic mass is 10.1. The van der Waals surface area contributed by atoms with Crippen molar-refractivity contribution in [2.45, 2.75) is 49.3 Å². The van der Waals surface area contributed by atoms with Gasteiger partial charge >= 0.3 is 0 Å². The van der Waals surface area contributed by atoms with Crippen LogP contribution in [0.3, 0.4) is 0 Å². The molecule has 36 heavy (non-hydrogen) atoms. The van der Waals surface area contributed by atoms with Crippen LogP contribution in [0.15, 0.2) is 41.4 Å². The second-order valence-electron chi connectivity index (χ2n) is 9.27. The Hall–Kier alpha value is -2.67. The fraction of sp³-hybridized carbons (Fsp3) is 0.375. The monoisotopic (exact) mass is 526 g/mol. The Labute approximate surface area is 215 Å². The van der Waals surface area contributed by atoms with Crippen LogP contribution in [0, 0.1) is 6.92 Å². The number of aromatic amines is 1. The van der Waals surface area contributed by atoms with Crippen molar-refractivity contribution in [1.82, 2.24) is 29.0 Å². The largest absolute Gasteiger partial charge is 0.456 e. The van der Waals surface area contributed by atoms with Crippen LogP contribution in [0.1, 0.15) is 16.8 Å². The van der Waals surface area contributed by atoms with E-state index in [4.69, 9.17) is 30.9 Å². The number of fused-ring (bicyclic) bond motifs is 3. The first-order valence-electron chi connectivity index (χ1n) is 11.7. The first-order valence-corrected chi connectivity index (χ1v) is 12.9. The Balaban J connectivity index is 1.08. The number of aryl methyl sites for hydroxylation is 1. The number of hydrogen-bond acceptors (Lipinski definition) is 9. The topological polar surface area (TPSA) is 111 Å². The standard InChI is InChI=1S/C24H23ClN6O4S/c1-12-2-4-14(5-3-12)36-30-7-13-8-31(29-17(13)9-30)23-15(25)6-16-22(27-23)28-24(26-16)35-19-11-34-20-18(32)10-33-21(19)20/h2-6,8,18-21,32H,7,9-11H2,1H3,(H,26,27,28)/t18?,19?,20-,21-/m1/s1.